The summed E-state index contributed by atoms with van der Waals surface area (Å²) >= 11 is 8.71. The smallest absolute Gasteiger partial charge is 0.107 e. The summed E-state index contributed by atoms with van der Waals surface area (Å²) in [6.07, 6.45) is 3.61. The molecule has 2 rings (SSSR count). The molecule has 0 radical (unpaired) electrons. The van der Waals surface area contributed by atoms with Gasteiger partial charge in [0, 0.05) is 41.2 Å². The van der Waals surface area contributed by atoms with Crippen molar-refractivity contribution in [1.29, 1.82) is 0 Å². The number of benzene rings is 1. The predicted octanol–water partition coefficient (Wildman–Crippen LogP) is 3.50. The maximum atomic E-state index is 5.87. The zero-order valence-corrected chi connectivity index (χ0v) is 13.6. The zero-order valence-electron chi connectivity index (χ0n) is 11.2. The van der Waals surface area contributed by atoms with Crippen molar-refractivity contribution in [3.05, 3.63) is 58.3 Å². The third kappa shape index (κ3) is 3.35. The quantitative estimate of drug-likeness (QED) is 0.838. The molecule has 0 aliphatic rings. The fraction of sp³-hybridized carbons (Fsp3) is 0.200. The maximum Gasteiger partial charge on any atom is 0.107 e. The van der Waals surface area contributed by atoms with Crippen LogP contribution in [0.5, 0.6) is 0 Å². The van der Waals surface area contributed by atoms with Crippen LogP contribution in [-0.4, -0.2) is 16.5 Å². The van der Waals surface area contributed by atoms with Crippen LogP contribution >= 0.6 is 28.1 Å². The number of nitrogens with two attached hydrogens (primary N) is 1. The lowest BCUT2D eigenvalue weighted by Crippen LogP contribution is -2.25. The van der Waals surface area contributed by atoms with E-state index in [2.05, 4.69) is 32.7 Å². The average Bonchev–Trinajstić information content (AvgIpc) is 2.45. The summed E-state index contributed by atoms with van der Waals surface area (Å²) in [6, 6.07) is 10.0. The van der Waals surface area contributed by atoms with Gasteiger partial charge in [0.15, 0.2) is 0 Å². The minimum atomic E-state index is 0.403. The Kier molecular flexibility index (Phi) is 5.09. The van der Waals surface area contributed by atoms with Crippen molar-refractivity contribution in [1.82, 2.24) is 4.98 Å². The Morgan fingerprint density at radius 3 is 2.60 bits per heavy atom. The lowest BCUT2D eigenvalue weighted by Gasteiger charge is -2.26. The Morgan fingerprint density at radius 2 is 2.00 bits per heavy atom. The number of rotatable bonds is 5. The fourth-order valence-electron chi connectivity index (χ4n) is 2.10. The molecule has 0 spiro atoms. The summed E-state index contributed by atoms with van der Waals surface area (Å²) in [4.78, 5) is 6.69. The highest BCUT2D eigenvalue weighted by atomic mass is 79.9. The van der Waals surface area contributed by atoms with Crippen molar-refractivity contribution >= 4 is 38.8 Å². The molecule has 2 aromatic rings. The molecule has 0 bridgehead atoms. The van der Waals surface area contributed by atoms with Crippen LogP contribution in [0, 0.1) is 0 Å². The molecule has 1 heterocycles. The number of nitrogens with zero attached hydrogens (tertiary/aromatic N) is 2. The van der Waals surface area contributed by atoms with Crippen molar-refractivity contribution in [3.63, 3.8) is 0 Å². The van der Waals surface area contributed by atoms with Gasteiger partial charge in [0.1, 0.15) is 4.99 Å². The van der Waals surface area contributed by atoms with E-state index in [4.69, 9.17) is 18.0 Å². The molecule has 0 aliphatic heterocycles. The van der Waals surface area contributed by atoms with E-state index in [0.717, 1.165) is 28.8 Å². The number of pyridine rings is 1. The van der Waals surface area contributed by atoms with E-state index in [-0.39, 0.29) is 0 Å². The van der Waals surface area contributed by atoms with E-state index in [9.17, 15) is 0 Å². The van der Waals surface area contributed by atoms with Gasteiger partial charge in [0.25, 0.3) is 0 Å². The molecular weight excluding hydrogens is 334 g/mol. The summed E-state index contributed by atoms with van der Waals surface area (Å²) in [7, 11) is 0. The molecule has 5 heteroatoms. The predicted molar refractivity (Wildman–Crippen MR) is 91.0 cm³/mol. The van der Waals surface area contributed by atoms with Crippen LogP contribution in [0.25, 0.3) is 0 Å². The van der Waals surface area contributed by atoms with E-state index >= 15 is 0 Å². The van der Waals surface area contributed by atoms with E-state index < -0.39 is 0 Å². The van der Waals surface area contributed by atoms with E-state index in [1.165, 1.54) is 5.56 Å². The molecule has 3 nitrogen and oxygen atoms in total. The van der Waals surface area contributed by atoms with Gasteiger partial charge in [-0.2, -0.15) is 0 Å². The summed E-state index contributed by atoms with van der Waals surface area (Å²) in [6.45, 7) is 3.78. The van der Waals surface area contributed by atoms with Gasteiger partial charge in [-0.05, 0) is 52.7 Å². The minimum absolute atomic E-state index is 0.403. The molecule has 1 aromatic carbocycles. The van der Waals surface area contributed by atoms with Crippen LogP contribution in [0.1, 0.15) is 18.1 Å². The van der Waals surface area contributed by atoms with Gasteiger partial charge in [0.2, 0.25) is 0 Å². The molecule has 104 valence electrons. The zero-order chi connectivity index (χ0) is 14.5. The second kappa shape index (κ2) is 6.81. The molecule has 0 aliphatic carbocycles. The molecule has 0 amide bonds. The van der Waals surface area contributed by atoms with E-state index in [1.54, 1.807) is 12.4 Å². The van der Waals surface area contributed by atoms with Crippen LogP contribution in [0.3, 0.4) is 0 Å². The minimum Gasteiger partial charge on any atom is -0.389 e. The number of aromatic nitrogens is 1. The van der Waals surface area contributed by atoms with E-state index in [0.29, 0.717) is 4.99 Å². The van der Waals surface area contributed by atoms with Gasteiger partial charge in [0.05, 0.1) is 0 Å². The first-order chi connectivity index (χ1) is 9.63. The van der Waals surface area contributed by atoms with Crippen molar-refractivity contribution in [2.75, 3.05) is 11.4 Å². The Labute approximate surface area is 132 Å². The highest BCUT2D eigenvalue weighted by Gasteiger charge is 2.14. The lowest BCUT2D eigenvalue weighted by molar-refractivity contribution is 0.829. The molecule has 2 N–H and O–H groups in total. The highest BCUT2D eigenvalue weighted by molar-refractivity contribution is 9.10. The van der Waals surface area contributed by atoms with Crippen molar-refractivity contribution in [3.8, 4) is 0 Å². The SMILES string of the molecule is CCN(Cc1ccncc1)c1cccc(Br)c1C(N)=S. The van der Waals surface area contributed by atoms with Gasteiger partial charge >= 0.3 is 0 Å². The number of halogens is 1. The molecule has 0 atom stereocenters. The van der Waals surface area contributed by atoms with Crippen LogP contribution in [0.15, 0.2) is 47.2 Å². The first-order valence-corrected chi connectivity index (χ1v) is 7.55. The normalized spacial score (nSPS) is 10.3. The van der Waals surface area contributed by atoms with Crippen LogP contribution in [-0.2, 0) is 6.54 Å². The average molecular weight is 350 g/mol. The topological polar surface area (TPSA) is 42.2 Å². The van der Waals surface area contributed by atoms with Gasteiger partial charge in [-0.25, -0.2) is 0 Å². The number of hydrogen-bond acceptors (Lipinski definition) is 3. The Morgan fingerprint density at radius 1 is 1.30 bits per heavy atom. The van der Waals surface area contributed by atoms with E-state index in [1.807, 2.05) is 30.3 Å². The Bertz CT molecular complexity index is 601. The van der Waals surface area contributed by atoms with Gasteiger partial charge in [-0.3, -0.25) is 4.98 Å². The van der Waals surface area contributed by atoms with Crippen LogP contribution in [0.2, 0.25) is 0 Å². The lowest BCUT2D eigenvalue weighted by atomic mass is 10.1. The van der Waals surface area contributed by atoms with Gasteiger partial charge < -0.3 is 10.6 Å². The number of thiocarbonyl (C=S) groups is 1. The maximum absolute atomic E-state index is 5.87. The summed E-state index contributed by atoms with van der Waals surface area (Å²) in [5, 5.41) is 0. The molecule has 0 unspecified atom stereocenters. The number of anilines is 1. The molecule has 1 aromatic heterocycles. The van der Waals surface area contributed by atoms with Crippen LogP contribution < -0.4 is 10.6 Å². The van der Waals surface area contributed by atoms with Crippen molar-refractivity contribution < 1.29 is 0 Å². The fourth-order valence-corrected chi connectivity index (χ4v) is 3.01. The third-order valence-corrected chi connectivity index (χ3v) is 3.95. The molecule has 0 saturated carbocycles. The van der Waals surface area contributed by atoms with Crippen LogP contribution in [0.4, 0.5) is 5.69 Å². The molecule has 20 heavy (non-hydrogen) atoms. The number of hydrogen-bond donors (Lipinski definition) is 1. The Hall–Kier alpha value is -1.46. The second-order valence-corrected chi connectivity index (χ2v) is 5.66. The third-order valence-electron chi connectivity index (χ3n) is 3.08. The summed E-state index contributed by atoms with van der Waals surface area (Å²) in [5.41, 5.74) is 9.01. The first kappa shape index (κ1) is 14.9. The monoisotopic (exact) mass is 349 g/mol. The van der Waals surface area contributed by atoms with Gasteiger partial charge in [-0.1, -0.05) is 18.3 Å². The molecular formula is C15H16BrN3S. The van der Waals surface area contributed by atoms with Gasteiger partial charge in [-0.15, -0.1) is 0 Å². The molecule has 0 fully saturated rings. The van der Waals surface area contributed by atoms with Crippen molar-refractivity contribution in [2.45, 2.75) is 13.5 Å². The highest BCUT2D eigenvalue weighted by Crippen LogP contribution is 2.28. The molecule has 0 saturated heterocycles. The Balaban J connectivity index is 2.37. The first-order valence-electron chi connectivity index (χ1n) is 6.35. The van der Waals surface area contributed by atoms with Crippen molar-refractivity contribution in [2.24, 2.45) is 5.73 Å². The standard InChI is InChI=1S/C15H16BrN3S/c1-2-19(10-11-6-8-18-9-7-11)13-5-3-4-12(16)14(13)15(17)20/h3-9H,2,10H2,1H3,(H2,17,20). The summed E-state index contributed by atoms with van der Waals surface area (Å²) in [5.74, 6) is 0. The summed E-state index contributed by atoms with van der Waals surface area (Å²) < 4.78 is 0.927. The largest absolute Gasteiger partial charge is 0.389 e. The second-order valence-electron chi connectivity index (χ2n) is 4.37.